The zero-order valence-electron chi connectivity index (χ0n) is 11.7. The highest BCUT2D eigenvalue weighted by molar-refractivity contribution is 8.00. The van der Waals surface area contributed by atoms with E-state index in [2.05, 4.69) is 20.3 Å². The molecule has 1 aromatic carbocycles. The van der Waals surface area contributed by atoms with E-state index < -0.39 is 11.2 Å². The fourth-order valence-electron chi connectivity index (χ4n) is 1.94. The number of carbonyl (C=O) groups excluding carboxylic acids is 1. The molecule has 0 aliphatic rings. The Balaban J connectivity index is 1.93. The van der Waals surface area contributed by atoms with Gasteiger partial charge in [0.05, 0.1) is 12.5 Å². The first-order valence-electron chi connectivity index (χ1n) is 6.61. The Morgan fingerprint density at radius 3 is 2.82 bits per heavy atom. The molecule has 22 heavy (non-hydrogen) atoms. The summed E-state index contributed by atoms with van der Waals surface area (Å²) in [5.74, 6) is -1.14. The van der Waals surface area contributed by atoms with E-state index in [0.29, 0.717) is 22.7 Å². The molecule has 0 saturated carbocycles. The molecule has 0 amide bonds. The van der Waals surface area contributed by atoms with Gasteiger partial charge in [-0.15, -0.1) is 5.10 Å². The molecule has 8 heteroatoms. The highest BCUT2D eigenvalue weighted by Crippen LogP contribution is 2.26. The Hall–Kier alpha value is -2.48. The normalized spacial score (nSPS) is 12.4. The van der Waals surface area contributed by atoms with Gasteiger partial charge in [0.15, 0.2) is 11.2 Å². The third kappa shape index (κ3) is 2.91. The lowest BCUT2D eigenvalue weighted by Crippen LogP contribution is -2.31. The van der Waals surface area contributed by atoms with Gasteiger partial charge >= 0.3 is 0 Å². The van der Waals surface area contributed by atoms with E-state index in [-0.39, 0.29) is 0 Å². The van der Waals surface area contributed by atoms with Gasteiger partial charge in [-0.3, -0.25) is 0 Å². The highest BCUT2D eigenvalue weighted by Gasteiger charge is 2.15. The lowest BCUT2D eigenvalue weighted by Gasteiger charge is -2.10. The van der Waals surface area contributed by atoms with Crippen LogP contribution >= 0.6 is 11.8 Å². The summed E-state index contributed by atoms with van der Waals surface area (Å²) in [6, 6.07) is 9.82. The topological polar surface area (TPSA) is 96.6 Å². The third-order valence-corrected chi connectivity index (χ3v) is 4.13. The lowest BCUT2D eigenvalue weighted by molar-refractivity contribution is -0.304. The standard InChI is InChI=1S/C14H13N5O2S/c1-9(14(20)21)22-13-11-12(15-8-16-13)19(18-17-11)7-10-5-3-2-4-6-10/h2-6,8-9H,7H2,1H3,(H,20,21)/p-1/t9-/m0/s1. The monoisotopic (exact) mass is 314 g/mol. The van der Waals surface area contributed by atoms with Gasteiger partial charge in [0.2, 0.25) is 0 Å². The molecule has 2 heterocycles. The number of hydrogen-bond acceptors (Lipinski definition) is 7. The van der Waals surface area contributed by atoms with Gasteiger partial charge in [0.1, 0.15) is 11.4 Å². The van der Waals surface area contributed by atoms with E-state index in [1.807, 2.05) is 30.3 Å². The fraction of sp³-hybridized carbons (Fsp3) is 0.214. The zero-order valence-corrected chi connectivity index (χ0v) is 12.5. The molecule has 0 aliphatic heterocycles. The average molecular weight is 314 g/mol. The van der Waals surface area contributed by atoms with Crippen molar-refractivity contribution in [2.75, 3.05) is 0 Å². The lowest BCUT2D eigenvalue weighted by atomic mass is 10.2. The van der Waals surface area contributed by atoms with E-state index in [4.69, 9.17) is 0 Å². The van der Waals surface area contributed by atoms with Gasteiger partial charge < -0.3 is 9.90 Å². The summed E-state index contributed by atoms with van der Waals surface area (Å²) >= 11 is 1.07. The average Bonchev–Trinajstić information content (AvgIpc) is 2.92. The second kappa shape index (κ2) is 6.10. The van der Waals surface area contributed by atoms with Crippen molar-refractivity contribution in [2.45, 2.75) is 23.7 Å². The molecule has 0 bridgehead atoms. The maximum absolute atomic E-state index is 10.9. The van der Waals surface area contributed by atoms with Gasteiger partial charge in [0, 0.05) is 5.25 Å². The number of carboxylic acids is 1. The SMILES string of the molecule is C[C@H](Sc1ncnc2c1nnn2Cc1ccccc1)C(=O)[O-]. The van der Waals surface area contributed by atoms with E-state index in [9.17, 15) is 9.90 Å². The molecule has 7 nitrogen and oxygen atoms in total. The van der Waals surface area contributed by atoms with Crippen molar-refractivity contribution < 1.29 is 9.90 Å². The number of benzene rings is 1. The molecule has 0 spiro atoms. The largest absolute Gasteiger partial charge is 0.549 e. The summed E-state index contributed by atoms with van der Waals surface area (Å²) in [6.07, 6.45) is 1.39. The van der Waals surface area contributed by atoms with Crippen molar-refractivity contribution in [2.24, 2.45) is 0 Å². The second-order valence-corrected chi connectivity index (χ2v) is 5.99. The fourth-order valence-corrected chi connectivity index (χ4v) is 2.72. The van der Waals surface area contributed by atoms with Crippen LogP contribution in [0.25, 0.3) is 11.2 Å². The van der Waals surface area contributed by atoms with Crippen LogP contribution in [-0.4, -0.2) is 36.2 Å². The Bertz CT molecular complexity index is 805. The second-order valence-electron chi connectivity index (χ2n) is 4.66. The summed E-state index contributed by atoms with van der Waals surface area (Å²) < 4.78 is 1.67. The van der Waals surface area contributed by atoms with Gasteiger partial charge in [0.25, 0.3) is 0 Å². The van der Waals surface area contributed by atoms with Crippen LogP contribution in [0.2, 0.25) is 0 Å². The van der Waals surface area contributed by atoms with Crippen molar-refractivity contribution in [3.63, 3.8) is 0 Å². The van der Waals surface area contributed by atoms with Crippen LogP contribution in [0.5, 0.6) is 0 Å². The van der Waals surface area contributed by atoms with Gasteiger partial charge in [-0.05, 0) is 12.5 Å². The minimum Gasteiger partial charge on any atom is -0.549 e. The van der Waals surface area contributed by atoms with Gasteiger partial charge in [-0.25, -0.2) is 14.6 Å². The summed E-state index contributed by atoms with van der Waals surface area (Å²) in [6.45, 7) is 2.08. The molecule has 0 fully saturated rings. The maximum Gasteiger partial charge on any atom is 0.183 e. The first kappa shape index (κ1) is 14.5. The summed E-state index contributed by atoms with van der Waals surface area (Å²) in [5, 5.41) is 18.8. The van der Waals surface area contributed by atoms with E-state index in [0.717, 1.165) is 17.3 Å². The van der Waals surface area contributed by atoms with Crippen molar-refractivity contribution >= 4 is 28.9 Å². The van der Waals surface area contributed by atoms with Crippen LogP contribution in [0.3, 0.4) is 0 Å². The minimum atomic E-state index is -1.14. The Labute approximate surface area is 130 Å². The molecule has 2 aromatic heterocycles. The molecular formula is C14H12N5O2S-. The molecule has 3 rings (SSSR count). The van der Waals surface area contributed by atoms with E-state index >= 15 is 0 Å². The highest BCUT2D eigenvalue weighted by atomic mass is 32.2. The number of rotatable bonds is 5. The van der Waals surface area contributed by atoms with Crippen LogP contribution in [0.4, 0.5) is 0 Å². The molecule has 3 aromatic rings. The van der Waals surface area contributed by atoms with Gasteiger partial charge in [-0.2, -0.15) is 0 Å². The Morgan fingerprint density at radius 1 is 1.32 bits per heavy atom. The molecule has 0 aliphatic carbocycles. The molecule has 1 atom stereocenters. The number of nitrogens with zero attached hydrogens (tertiary/aromatic N) is 5. The summed E-state index contributed by atoms with van der Waals surface area (Å²) in [7, 11) is 0. The van der Waals surface area contributed by atoms with Crippen LogP contribution in [0.15, 0.2) is 41.7 Å². The number of carbonyl (C=O) groups is 1. The molecule has 0 radical (unpaired) electrons. The molecule has 0 unspecified atom stereocenters. The number of thioether (sulfide) groups is 1. The summed E-state index contributed by atoms with van der Waals surface area (Å²) in [4.78, 5) is 19.2. The first-order chi connectivity index (χ1) is 10.6. The molecular weight excluding hydrogens is 302 g/mol. The Morgan fingerprint density at radius 2 is 2.09 bits per heavy atom. The van der Waals surface area contributed by atoms with E-state index in [1.165, 1.54) is 6.33 Å². The predicted molar refractivity (Wildman–Crippen MR) is 79.0 cm³/mol. The number of carboxylic acid groups (broad SMARTS) is 1. The van der Waals surface area contributed by atoms with Crippen LogP contribution in [-0.2, 0) is 11.3 Å². The number of fused-ring (bicyclic) bond motifs is 1. The Kier molecular flexibility index (Phi) is 4.01. The summed E-state index contributed by atoms with van der Waals surface area (Å²) in [5.41, 5.74) is 2.15. The first-order valence-corrected chi connectivity index (χ1v) is 7.49. The predicted octanol–water partition coefficient (Wildman–Crippen LogP) is 0.500. The van der Waals surface area contributed by atoms with Crippen molar-refractivity contribution in [1.82, 2.24) is 25.0 Å². The van der Waals surface area contributed by atoms with E-state index in [1.54, 1.807) is 11.6 Å². The molecule has 0 saturated heterocycles. The van der Waals surface area contributed by atoms with Crippen LogP contribution in [0, 0.1) is 0 Å². The molecule has 112 valence electrons. The zero-order chi connectivity index (χ0) is 15.5. The van der Waals surface area contributed by atoms with Crippen LogP contribution < -0.4 is 5.11 Å². The third-order valence-electron chi connectivity index (χ3n) is 3.06. The van der Waals surface area contributed by atoms with Crippen molar-refractivity contribution in [3.8, 4) is 0 Å². The van der Waals surface area contributed by atoms with Gasteiger partial charge in [-0.1, -0.05) is 47.3 Å². The molecule has 0 N–H and O–H groups in total. The van der Waals surface area contributed by atoms with Crippen molar-refractivity contribution in [3.05, 3.63) is 42.2 Å². The minimum absolute atomic E-state index is 0.487. The van der Waals surface area contributed by atoms with Crippen LogP contribution in [0.1, 0.15) is 12.5 Å². The maximum atomic E-state index is 10.9. The number of hydrogen-bond donors (Lipinski definition) is 0. The quantitative estimate of drug-likeness (QED) is 0.499. The smallest absolute Gasteiger partial charge is 0.183 e. The number of aromatic nitrogens is 5. The number of aliphatic carboxylic acids is 1. The van der Waals surface area contributed by atoms with Crippen molar-refractivity contribution in [1.29, 1.82) is 0 Å².